The Morgan fingerprint density at radius 2 is 2.14 bits per heavy atom. The van der Waals surface area contributed by atoms with E-state index in [1.165, 1.54) is 16.2 Å². The second-order valence-electron chi connectivity index (χ2n) is 6.21. The van der Waals surface area contributed by atoms with Crippen molar-refractivity contribution in [1.29, 1.82) is 0 Å². The van der Waals surface area contributed by atoms with E-state index in [1.54, 1.807) is 6.92 Å². The Morgan fingerprint density at radius 3 is 2.77 bits per heavy atom. The van der Waals surface area contributed by atoms with Crippen LogP contribution in [0, 0.1) is 5.92 Å². The molecule has 0 saturated carbocycles. The van der Waals surface area contributed by atoms with Gasteiger partial charge in [0.1, 0.15) is 5.00 Å². The summed E-state index contributed by atoms with van der Waals surface area (Å²) in [4.78, 5) is 26.6. The van der Waals surface area contributed by atoms with Crippen molar-refractivity contribution >= 4 is 28.2 Å². The molecular weight excluding hydrogens is 300 g/mol. The summed E-state index contributed by atoms with van der Waals surface area (Å²) in [7, 11) is 3.85. The molecule has 0 aliphatic heterocycles. The summed E-state index contributed by atoms with van der Waals surface area (Å²) in [5.74, 6) is 0.232. The highest BCUT2D eigenvalue weighted by Gasteiger charge is 2.29. The normalized spacial score (nSPS) is 17.2. The van der Waals surface area contributed by atoms with Crippen LogP contribution in [0.1, 0.15) is 41.1 Å². The Kier molecular flexibility index (Phi) is 5.58. The van der Waals surface area contributed by atoms with Gasteiger partial charge in [0.05, 0.1) is 26.3 Å². The number of amides is 1. The Labute approximate surface area is 135 Å². The standard InChI is InChI=1S/C16H24N2O3S/c1-5-21-16(20)14-11-7-6-10(2)8-12(11)22-15(14)17-13(19)9-18(3)4/h10H,5-9H2,1-4H3,(H,17,19)/p+1/t10-/m1/s1. The van der Waals surface area contributed by atoms with E-state index in [2.05, 4.69) is 12.2 Å². The first-order valence-corrected chi connectivity index (χ1v) is 8.64. The predicted molar refractivity (Wildman–Crippen MR) is 87.8 cm³/mol. The van der Waals surface area contributed by atoms with Crippen molar-refractivity contribution in [2.45, 2.75) is 33.1 Å². The van der Waals surface area contributed by atoms with E-state index >= 15 is 0 Å². The zero-order valence-electron chi connectivity index (χ0n) is 13.7. The van der Waals surface area contributed by atoms with Gasteiger partial charge in [0, 0.05) is 4.88 Å². The molecular formula is C16H25N2O3S+. The highest BCUT2D eigenvalue weighted by atomic mass is 32.1. The number of carbonyl (C=O) groups excluding carboxylic acids is 2. The molecule has 0 unspecified atom stereocenters. The van der Waals surface area contributed by atoms with Crippen LogP contribution < -0.4 is 10.2 Å². The van der Waals surface area contributed by atoms with E-state index in [0.29, 0.717) is 29.6 Å². The van der Waals surface area contributed by atoms with Crippen LogP contribution in [0.3, 0.4) is 0 Å². The molecule has 2 rings (SSSR count). The number of quaternary nitrogens is 1. The lowest BCUT2D eigenvalue weighted by Crippen LogP contribution is -3.06. The average molecular weight is 325 g/mol. The fraction of sp³-hybridized carbons (Fsp3) is 0.625. The summed E-state index contributed by atoms with van der Waals surface area (Å²) >= 11 is 1.53. The lowest BCUT2D eigenvalue weighted by atomic mass is 9.88. The van der Waals surface area contributed by atoms with E-state index in [0.717, 1.165) is 29.7 Å². The summed E-state index contributed by atoms with van der Waals surface area (Å²) in [5, 5.41) is 3.57. The molecule has 1 amide bonds. The molecule has 0 aromatic carbocycles. The van der Waals surface area contributed by atoms with Gasteiger partial charge in [0.15, 0.2) is 6.54 Å². The summed E-state index contributed by atoms with van der Waals surface area (Å²) in [6, 6.07) is 0. The SMILES string of the molecule is CCOC(=O)c1c(NC(=O)C[NH+](C)C)sc2c1CC[C@@H](C)C2. The molecule has 22 heavy (non-hydrogen) atoms. The van der Waals surface area contributed by atoms with Gasteiger partial charge in [-0.3, -0.25) is 4.79 Å². The molecule has 0 saturated heterocycles. The second-order valence-corrected chi connectivity index (χ2v) is 7.31. The fourth-order valence-electron chi connectivity index (χ4n) is 2.75. The van der Waals surface area contributed by atoms with E-state index in [-0.39, 0.29) is 11.9 Å². The summed E-state index contributed by atoms with van der Waals surface area (Å²) in [6.45, 7) is 4.74. The van der Waals surface area contributed by atoms with Crippen molar-refractivity contribution in [3.05, 3.63) is 16.0 Å². The number of thiophene rings is 1. The maximum Gasteiger partial charge on any atom is 0.341 e. The number of likely N-dealkylation sites (N-methyl/N-ethyl adjacent to an activating group) is 1. The van der Waals surface area contributed by atoms with Crippen LogP contribution in [0.5, 0.6) is 0 Å². The van der Waals surface area contributed by atoms with Crippen LogP contribution in [0.25, 0.3) is 0 Å². The maximum atomic E-state index is 12.3. The highest BCUT2D eigenvalue weighted by Crippen LogP contribution is 2.39. The van der Waals surface area contributed by atoms with Gasteiger partial charge in [-0.25, -0.2) is 4.79 Å². The Hall–Kier alpha value is -1.40. The average Bonchev–Trinajstić information content (AvgIpc) is 2.74. The number of hydrogen-bond donors (Lipinski definition) is 2. The van der Waals surface area contributed by atoms with Crippen LogP contribution in [0.2, 0.25) is 0 Å². The number of fused-ring (bicyclic) bond motifs is 1. The van der Waals surface area contributed by atoms with Crippen molar-refractivity contribution in [2.75, 3.05) is 32.6 Å². The van der Waals surface area contributed by atoms with Gasteiger partial charge in [-0.1, -0.05) is 6.92 Å². The molecule has 0 spiro atoms. The largest absolute Gasteiger partial charge is 0.462 e. The molecule has 1 atom stereocenters. The molecule has 0 fully saturated rings. The number of rotatable bonds is 5. The lowest BCUT2D eigenvalue weighted by Gasteiger charge is -2.18. The van der Waals surface area contributed by atoms with Crippen LogP contribution in [0.15, 0.2) is 0 Å². The van der Waals surface area contributed by atoms with Crippen molar-refractivity contribution < 1.29 is 19.2 Å². The van der Waals surface area contributed by atoms with E-state index in [9.17, 15) is 9.59 Å². The first-order chi connectivity index (χ1) is 10.4. The van der Waals surface area contributed by atoms with Crippen LogP contribution >= 0.6 is 11.3 Å². The Bertz CT molecular complexity index is 566. The molecule has 1 aromatic rings. The van der Waals surface area contributed by atoms with Gasteiger partial charge >= 0.3 is 5.97 Å². The number of ether oxygens (including phenoxy) is 1. The summed E-state index contributed by atoms with van der Waals surface area (Å²) in [6.07, 6.45) is 2.93. The molecule has 1 aromatic heterocycles. The third kappa shape index (κ3) is 3.87. The van der Waals surface area contributed by atoms with E-state index in [1.807, 2.05) is 14.1 Å². The second kappa shape index (κ2) is 7.24. The molecule has 122 valence electrons. The molecule has 0 bridgehead atoms. The zero-order valence-corrected chi connectivity index (χ0v) is 14.6. The van der Waals surface area contributed by atoms with Crippen molar-refractivity contribution in [3.63, 3.8) is 0 Å². The van der Waals surface area contributed by atoms with E-state index < -0.39 is 0 Å². The predicted octanol–water partition coefficient (Wildman–Crippen LogP) is 1.13. The molecule has 1 heterocycles. The van der Waals surface area contributed by atoms with Gasteiger partial charge in [-0.2, -0.15) is 0 Å². The highest BCUT2D eigenvalue weighted by molar-refractivity contribution is 7.17. The maximum absolute atomic E-state index is 12.3. The number of esters is 1. The molecule has 0 radical (unpaired) electrons. The quantitative estimate of drug-likeness (QED) is 0.798. The first kappa shape index (κ1) is 17.0. The molecule has 6 heteroatoms. The van der Waals surface area contributed by atoms with Gasteiger partial charge in [-0.15, -0.1) is 11.3 Å². The summed E-state index contributed by atoms with van der Waals surface area (Å²) in [5.41, 5.74) is 1.66. The topological polar surface area (TPSA) is 59.8 Å². The number of nitrogens with one attached hydrogen (secondary N) is 2. The smallest absolute Gasteiger partial charge is 0.341 e. The van der Waals surface area contributed by atoms with Gasteiger partial charge in [0.25, 0.3) is 5.91 Å². The van der Waals surface area contributed by atoms with Crippen LogP contribution in [0.4, 0.5) is 5.00 Å². The number of anilines is 1. The van der Waals surface area contributed by atoms with E-state index in [4.69, 9.17) is 4.74 Å². The minimum Gasteiger partial charge on any atom is -0.462 e. The molecule has 2 N–H and O–H groups in total. The lowest BCUT2D eigenvalue weighted by molar-refractivity contribution is -0.849. The Balaban J connectivity index is 2.31. The number of carbonyl (C=O) groups is 2. The summed E-state index contributed by atoms with van der Waals surface area (Å²) < 4.78 is 5.19. The monoisotopic (exact) mass is 325 g/mol. The molecule has 1 aliphatic carbocycles. The van der Waals surface area contributed by atoms with Crippen LogP contribution in [-0.2, 0) is 22.4 Å². The van der Waals surface area contributed by atoms with Crippen molar-refractivity contribution in [1.82, 2.24) is 0 Å². The van der Waals surface area contributed by atoms with Crippen molar-refractivity contribution in [3.8, 4) is 0 Å². The Morgan fingerprint density at radius 1 is 1.41 bits per heavy atom. The van der Waals surface area contributed by atoms with Gasteiger partial charge in [-0.05, 0) is 37.7 Å². The van der Waals surface area contributed by atoms with Crippen molar-refractivity contribution in [2.24, 2.45) is 5.92 Å². The minimum absolute atomic E-state index is 0.0720. The van der Waals surface area contributed by atoms with Gasteiger partial charge in [0.2, 0.25) is 0 Å². The van der Waals surface area contributed by atoms with Gasteiger partial charge < -0.3 is 15.0 Å². The number of hydrogen-bond acceptors (Lipinski definition) is 4. The molecule has 1 aliphatic rings. The fourth-order valence-corrected chi connectivity index (χ4v) is 4.17. The minimum atomic E-state index is -0.318. The molecule has 5 nitrogen and oxygen atoms in total. The van der Waals surface area contributed by atoms with Crippen LogP contribution in [-0.4, -0.2) is 39.1 Å². The zero-order chi connectivity index (χ0) is 16.3. The first-order valence-electron chi connectivity index (χ1n) is 7.82. The third-order valence-corrected chi connectivity index (χ3v) is 4.93. The third-order valence-electron chi connectivity index (χ3n) is 3.76.